The van der Waals surface area contributed by atoms with Crippen LogP contribution in [-0.2, 0) is 24.1 Å². The zero-order valence-electron chi connectivity index (χ0n) is 21.2. The van der Waals surface area contributed by atoms with Crippen LogP contribution < -0.4 is 5.32 Å². The molecule has 1 fully saturated rings. The average molecular weight is 499 g/mol. The standard InChI is InChI=1S/C30H34N4OS/c1-20-5-8-29-28(14-20)31-21(2)34(29)26-9-11-33(12-10-26)19-22-15-23-6-7-25(17-24(23)16-22)32-30(35)18-27-4-3-13-36-27/h3-8,13-14,17,22,26H,9-12,15-16,18-19H2,1-2H3,(H,32,35)/t22-/m0/s1. The third-order valence-corrected chi connectivity index (χ3v) is 8.76. The molecule has 1 aliphatic heterocycles. The normalized spacial score (nSPS) is 18.6. The first-order valence-corrected chi connectivity index (χ1v) is 14.0. The molecule has 2 aromatic carbocycles. The van der Waals surface area contributed by atoms with Crippen molar-refractivity contribution in [2.45, 2.75) is 52.0 Å². The Morgan fingerprint density at radius 2 is 1.89 bits per heavy atom. The van der Waals surface area contributed by atoms with Gasteiger partial charge in [0.25, 0.3) is 0 Å². The lowest BCUT2D eigenvalue weighted by Gasteiger charge is -2.34. The number of hydrogen-bond acceptors (Lipinski definition) is 4. The highest BCUT2D eigenvalue weighted by atomic mass is 32.1. The topological polar surface area (TPSA) is 50.2 Å². The van der Waals surface area contributed by atoms with E-state index >= 15 is 0 Å². The summed E-state index contributed by atoms with van der Waals surface area (Å²) < 4.78 is 2.48. The van der Waals surface area contributed by atoms with Gasteiger partial charge in [0, 0.05) is 36.2 Å². The zero-order chi connectivity index (χ0) is 24.6. The minimum Gasteiger partial charge on any atom is -0.326 e. The monoisotopic (exact) mass is 498 g/mol. The molecule has 6 rings (SSSR count). The van der Waals surface area contributed by atoms with Gasteiger partial charge in [-0.25, -0.2) is 4.98 Å². The summed E-state index contributed by atoms with van der Waals surface area (Å²) >= 11 is 1.63. The van der Waals surface area contributed by atoms with Crippen LogP contribution in [0.5, 0.6) is 0 Å². The molecule has 2 aliphatic rings. The van der Waals surface area contributed by atoms with Gasteiger partial charge in [-0.1, -0.05) is 18.2 Å². The van der Waals surface area contributed by atoms with E-state index in [0.717, 1.165) is 54.4 Å². The first-order valence-electron chi connectivity index (χ1n) is 13.1. The molecule has 0 spiro atoms. The molecule has 1 amide bonds. The summed E-state index contributed by atoms with van der Waals surface area (Å²) in [6.45, 7) is 7.73. The van der Waals surface area contributed by atoms with Crippen molar-refractivity contribution in [2.75, 3.05) is 25.0 Å². The summed E-state index contributed by atoms with van der Waals surface area (Å²) in [5, 5.41) is 5.11. The number of piperidine rings is 1. The minimum atomic E-state index is 0.0610. The molecule has 36 heavy (non-hydrogen) atoms. The Morgan fingerprint density at radius 1 is 1.06 bits per heavy atom. The van der Waals surface area contributed by atoms with E-state index in [9.17, 15) is 4.79 Å². The van der Waals surface area contributed by atoms with Crippen molar-refractivity contribution in [2.24, 2.45) is 5.92 Å². The Bertz CT molecular complexity index is 1380. The molecule has 1 saturated heterocycles. The fourth-order valence-corrected chi connectivity index (χ4v) is 6.91. The van der Waals surface area contributed by atoms with Crippen molar-refractivity contribution in [1.82, 2.24) is 14.5 Å². The fraction of sp³-hybridized carbons (Fsp3) is 0.400. The van der Waals surface area contributed by atoms with Gasteiger partial charge >= 0.3 is 0 Å². The number of thiophene rings is 1. The second-order valence-corrected chi connectivity index (χ2v) is 11.6. The highest BCUT2D eigenvalue weighted by Gasteiger charge is 2.28. The Morgan fingerprint density at radius 3 is 2.69 bits per heavy atom. The van der Waals surface area contributed by atoms with Gasteiger partial charge in [0.15, 0.2) is 0 Å². The van der Waals surface area contributed by atoms with Gasteiger partial charge in [0.05, 0.1) is 17.5 Å². The predicted molar refractivity (Wildman–Crippen MR) is 148 cm³/mol. The number of carbonyl (C=O) groups is 1. The largest absolute Gasteiger partial charge is 0.326 e. The van der Waals surface area contributed by atoms with Crippen molar-refractivity contribution in [3.63, 3.8) is 0 Å². The summed E-state index contributed by atoms with van der Waals surface area (Å²) in [4.78, 5) is 21.0. The van der Waals surface area contributed by atoms with Crippen LogP contribution in [0.4, 0.5) is 5.69 Å². The molecule has 1 atom stereocenters. The Kier molecular flexibility index (Phi) is 6.40. The summed E-state index contributed by atoms with van der Waals surface area (Å²) in [5.41, 5.74) is 7.45. The summed E-state index contributed by atoms with van der Waals surface area (Å²) in [6.07, 6.45) is 5.06. The van der Waals surface area contributed by atoms with Gasteiger partial charge in [-0.3, -0.25) is 4.79 Å². The third kappa shape index (κ3) is 4.84. The third-order valence-electron chi connectivity index (χ3n) is 7.88. The SMILES string of the molecule is Cc1ccc2c(c1)nc(C)n2C1CCN(C[C@H]2Cc3ccc(NC(=O)Cc4cccs4)cc3C2)CC1. The maximum atomic E-state index is 12.4. The van der Waals surface area contributed by atoms with E-state index in [0.29, 0.717) is 18.4 Å². The molecule has 5 nitrogen and oxygen atoms in total. The molecule has 4 aromatic rings. The molecule has 0 unspecified atom stereocenters. The second-order valence-electron chi connectivity index (χ2n) is 10.6. The van der Waals surface area contributed by atoms with Crippen molar-refractivity contribution >= 4 is 34.0 Å². The van der Waals surface area contributed by atoms with Crippen molar-refractivity contribution in [1.29, 1.82) is 0 Å². The number of hydrogen-bond donors (Lipinski definition) is 1. The number of fused-ring (bicyclic) bond motifs is 2. The van der Waals surface area contributed by atoms with Crippen molar-refractivity contribution in [3.8, 4) is 0 Å². The van der Waals surface area contributed by atoms with Crippen LogP contribution in [0.2, 0.25) is 0 Å². The van der Waals surface area contributed by atoms with Crippen molar-refractivity contribution in [3.05, 3.63) is 81.3 Å². The van der Waals surface area contributed by atoms with E-state index < -0.39 is 0 Å². The number of amides is 1. The predicted octanol–water partition coefficient (Wildman–Crippen LogP) is 5.95. The number of aryl methyl sites for hydroxylation is 2. The number of imidazole rings is 1. The van der Waals surface area contributed by atoms with Crippen LogP contribution in [0.15, 0.2) is 53.9 Å². The van der Waals surface area contributed by atoms with Crippen LogP contribution in [0.1, 0.15) is 46.3 Å². The number of aromatic nitrogens is 2. The Balaban J connectivity index is 1.03. The molecule has 0 bridgehead atoms. The molecule has 1 aliphatic carbocycles. The summed E-state index contributed by atoms with van der Waals surface area (Å²) in [7, 11) is 0. The molecule has 3 heterocycles. The van der Waals surface area contributed by atoms with Crippen LogP contribution in [0.25, 0.3) is 11.0 Å². The zero-order valence-corrected chi connectivity index (χ0v) is 22.0. The van der Waals surface area contributed by atoms with Gasteiger partial charge in [-0.2, -0.15) is 0 Å². The van der Waals surface area contributed by atoms with Crippen molar-refractivity contribution < 1.29 is 4.79 Å². The molecule has 6 heteroatoms. The fourth-order valence-electron chi connectivity index (χ4n) is 6.21. The first kappa shape index (κ1) is 23.4. The van der Waals surface area contributed by atoms with E-state index in [1.165, 1.54) is 35.0 Å². The summed E-state index contributed by atoms with van der Waals surface area (Å²) in [5.74, 6) is 1.86. The average Bonchev–Trinajstić information content (AvgIpc) is 3.57. The Labute approximate surface area is 217 Å². The van der Waals surface area contributed by atoms with E-state index in [2.05, 4.69) is 65.0 Å². The molecule has 0 radical (unpaired) electrons. The van der Waals surface area contributed by atoms with E-state index in [4.69, 9.17) is 4.98 Å². The molecule has 1 N–H and O–H groups in total. The number of nitrogens with zero attached hydrogens (tertiary/aromatic N) is 3. The molecule has 2 aromatic heterocycles. The lowest BCUT2D eigenvalue weighted by molar-refractivity contribution is -0.115. The van der Waals surface area contributed by atoms with E-state index in [1.54, 1.807) is 11.3 Å². The van der Waals surface area contributed by atoms with E-state index in [1.807, 2.05) is 17.5 Å². The number of anilines is 1. The molecular formula is C30H34N4OS. The van der Waals surface area contributed by atoms with E-state index in [-0.39, 0.29) is 5.91 Å². The molecule has 186 valence electrons. The van der Waals surface area contributed by atoms with Gasteiger partial charge in [0.1, 0.15) is 5.82 Å². The second kappa shape index (κ2) is 9.83. The molecular weight excluding hydrogens is 464 g/mol. The minimum absolute atomic E-state index is 0.0610. The maximum Gasteiger partial charge on any atom is 0.229 e. The number of carbonyl (C=O) groups excluding carboxylic acids is 1. The van der Waals surface area contributed by atoms with Gasteiger partial charge < -0.3 is 14.8 Å². The number of likely N-dealkylation sites (tertiary alicyclic amines) is 1. The number of nitrogens with one attached hydrogen (secondary N) is 1. The lowest BCUT2D eigenvalue weighted by atomic mass is 10.0. The first-order chi connectivity index (χ1) is 17.5. The molecule has 0 saturated carbocycles. The Hall–Kier alpha value is -2.96. The van der Waals surface area contributed by atoms with Gasteiger partial charge in [-0.15, -0.1) is 11.3 Å². The van der Waals surface area contributed by atoms with Crippen LogP contribution >= 0.6 is 11.3 Å². The smallest absolute Gasteiger partial charge is 0.229 e. The van der Waals surface area contributed by atoms with Gasteiger partial charge in [0.2, 0.25) is 5.91 Å². The highest BCUT2D eigenvalue weighted by Crippen LogP contribution is 2.33. The quantitative estimate of drug-likeness (QED) is 0.358. The van der Waals surface area contributed by atoms with Crippen LogP contribution in [0, 0.1) is 19.8 Å². The summed E-state index contributed by atoms with van der Waals surface area (Å²) in [6, 6.07) is 17.7. The van der Waals surface area contributed by atoms with Gasteiger partial charge in [-0.05, 0) is 97.9 Å². The van der Waals surface area contributed by atoms with Crippen LogP contribution in [0.3, 0.4) is 0 Å². The van der Waals surface area contributed by atoms with Crippen LogP contribution in [-0.4, -0.2) is 40.0 Å². The maximum absolute atomic E-state index is 12.4. The number of rotatable bonds is 6. The lowest BCUT2D eigenvalue weighted by Crippen LogP contribution is -2.38. The highest BCUT2D eigenvalue weighted by molar-refractivity contribution is 7.10. The number of benzene rings is 2.